The molecule has 2 heteroatoms. The SMILES string of the molecule is N#Cc1ccccc1CC1CCNC1. The van der Waals surface area contributed by atoms with Crippen LogP contribution in [0.4, 0.5) is 0 Å². The summed E-state index contributed by atoms with van der Waals surface area (Å²) in [5, 5.41) is 12.3. The number of hydrogen-bond acceptors (Lipinski definition) is 2. The fraction of sp³-hybridized carbons (Fsp3) is 0.417. The van der Waals surface area contributed by atoms with E-state index in [1.165, 1.54) is 12.0 Å². The first-order valence-corrected chi connectivity index (χ1v) is 5.09. The minimum Gasteiger partial charge on any atom is -0.316 e. The van der Waals surface area contributed by atoms with E-state index in [0.29, 0.717) is 5.92 Å². The maximum Gasteiger partial charge on any atom is 0.0994 e. The van der Waals surface area contributed by atoms with Crippen LogP contribution in [0.5, 0.6) is 0 Å². The molecule has 1 aromatic carbocycles. The minimum absolute atomic E-state index is 0.712. The lowest BCUT2D eigenvalue weighted by molar-refractivity contribution is 0.579. The summed E-state index contributed by atoms with van der Waals surface area (Å²) in [6, 6.07) is 10.2. The minimum atomic E-state index is 0.712. The molecule has 1 fully saturated rings. The Morgan fingerprint density at radius 3 is 3.00 bits per heavy atom. The van der Waals surface area contributed by atoms with Gasteiger partial charge >= 0.3 is 0 Å². The molecule has 14 heavy (non-hydrogen) atoms. The van der Waals surface area contributed by atoms with Crippen LogP contribution in [0.2, 0.25) is 0 Å². The standard InChI is InChI=1S/C12H14N2/c13-8-12-4-2-1-3-11(12)7-10-5-6-14-9-10/h1-4,10,14H,5-7,9H2. The number of nitriles is 1. The molecule has 0 amide bonds. The summed E-state index contributed by atoms with van der Waals surface area (Å²) in [5.74, 6) is 0.712. The average molecular weight is 186 g/mol. The Kier molecular flexibility index (Phi) is 2.81. The van der Waals surface area contributed by atoms with Crippen molar-refractivity contribution in [3.8, 4) is 6.07 Å². The number of rotatable bonds is 2. The Hall–Kier alpha value is -1.33. The van der Waals surface area contributed by atoms with Gasteiger partial charge in [-0.15, -0.1) is 0 Å². The first-order chi connectivity index (χ1) is 6.90. The molecule has 1 heterocycles. The highest BCUT2D eigenvalue weighted by molar-refractivity contribution is 5.37. The van der Waals surface area contributed by atoms with Crippen molar-refractivity contribution in [2.24, 2.45) is 5.92 Å². The third-order valence-electron chi connectivity index (χ3n) is 2.81. The predicted octanol–water partition coefficient (Wildman–Crippen LogP) is 1.71. The van der Waals surface area contributed by atoms with Crippen LogP contribution in [-0.4, -0.2) is 13.1 Å². The zero-order valence-electron chi connectivity index (χ0n) is 8.16. The van der Waals surface area contributed by atoms with E-state index in [2.05, 4.69) is 17.5 Å². The van der Waals surface area contributed by atoms with Crippen LogP contribution in [0.15, 0.2) is 24.3 Å². The van der Waals surface area contributed by atoms with Crippen molar-refractivity contribution in [2.45, 2.75) is 12.8 Å². The van der Waals surface area contributed by atoms with Crippen molar-refractivity contribution in [3.05, 3.63) is 35.4 Å². The third kappa shape index (κ3) is 1.94. The number of hydrogen-bond donors (Lipinski definition) is 1. The molecule has 0 aromatic heterocycles. The quantitative estimate of drug-likeness (QED) is 0.763. The van der Waals surface area contributed by atoms with Crippen molar-refractivity contribution in [3.63, 3.8) is 0 Å². The van der Waals surface area contributed by atoms with Gasteiger partial charge in [0.15, 0.2) is 0 Å². The molecule has 0 spiro atoms. The van der Waals surface area contributed by atoms with Crippen LogP contribution in [0.3, 0.4) is 0 Å². The maximum absolute atomic E-state index is 8.93. The molecule has 1 N–H and O–H groups in total. The van der Waals surface area contributed by atoms with Crippen molar-refractivity contribution >= 4 is 0 Å². The van der Waals surface area contributed by atoms with Gasteiger partial charge in [0.2, 0.25) is 0 Å². The van der Waals surface area contributed by atoms with E-state index >= 15 is 0 Å². The van der Waals surface area contributed by atoms with E-state index in [1.807, 2.05) is 18.2 Å². The maximum atomic E-state index is 8.93. The molecule has 0 radical (unpaired) electrons. The lowest BCUT2D eigenvalue weighted by Gasteiger charge is -2.08. The topological polar surface area (TPSA) is 35.8 Å². The Balaban J connectivity index is 2.11. The highest BCUT2D eigenvalue weighted by Crippen LogP contribution is 2.17. The zero-order valence-corrected chi connectivity index (χ0v) is 8.16. The van der Waals surface area contributed by atoms with Gasteiger partial charge in [-0.2, -0.15) is 5.26 Å². The molecule has 0 bridgehead atoms. The molecule has 0 saturated carbocycles. The Morgan fingerprint density at radius 2 is 2.29 bits per heavy atom. The van der Waals surface area contributed by atoms with E-state index in [-0.39, 0.29) is 0 Å². The first-order valence-electron chi connectivity index (χ1n) is 5.09. The summed E-state index contributed by atoms with van der Waals surface area (Å²) in [5.41, 5.74) is 2.03. The van der Waals surface area contributed by atoms with E-state index in [1.54, 1.807) is 0 Å². The lowest BCUT2D eigenvalue weighted by Crippen LogP contribution is -2.11. The van der Waals surface area contributed by atoms with Crippen LogP contribution in [0.25, 0.3) is 0 Å². The summed E-state index contributed by atoms with van der Waals surface area (Å²) in [6.07, 6.45) is 2.27. The number of nitrogens with one attached hydrogen (secondary N) is 1. The fourth-order valence-electron chi connectivity index (χ4n) is 2.01. The van der Waals surface area contributed by atoms with Crippen LogP contribution in [0.1, 0.15) is 17.5 Å². The van der Waals surface area contributed by atoms with E-state index in [4.69, 9.17) is 5.26 Å². The third-order valence-corrected chi connectivity index (χ3v) is 2.81. The molecule has 1 aliphatic heterocycles. The van der Waals surface area contributed by atoms with Crippen molar-refractivity contribution in [2.75, 3.05) is 13.1 Å². The Labute approximate surface area is 84.6 Å². The van der Waals surface area contributed by atoms with Crippen LogP contribution < -0.4 is 5.32 Å². The predicted molar refractivity (Wildman–Crippen MR) is 55.8 cm³/mol. The normalized spacial score (nSPS) is 20.6. The fourth-order valence-corrected chi connectivity index (χ4v) is 2.01. The van der Waals surface area contributed by atoms with Crippen LogP contribution in [-0.2, 0) is 6.42 Å². The Bertz CT molecular complexity index is 346. The zero-order chi connectivity index (χ0) is 9.80. The second-order valence-electron chi connectivity index (χ2n) is 3.83. The summed E-state index contributed by atoms with van der Waals surface area (Å²) in [6.45, 7) is 2.22. The molecular formula is C12H14N2. The van der Waals surface area contributed by atoms with Crippen LogP contribution >= 0.6 is 0 Å². The van der Waals surface area contributed by atoms with E-state index < -0.39 is 0 Å². The second kappa shape index (κ2) is 4.26. The van der Waals surface area contributed by atoms with Gasteiger partial charge in [-0.25, -0.2) is 0 Å². The molecule has 1 unspecified atom stereocenters. The summed E-state index contributed by atoms with van der Waals surface area (Å²) < 4.78 is 0. The lowest BCUT2D eigenvalue weighted by atomic mass is 9.95. The first kappa shape index (κ1) is 9.23. The monoisotopic (exact) mass is 186 g/mol. The van der Waals surface area contributed by atoms with Gasteiger partial charge in [0.05, 0.1) is 11.6 Å². The molecule has 2 nitrogen and oxygen atoms in total. The molecule has 72 valence electrons. The van der Waals surface area contributed by atoms with Crippen molar-refractivity contribution < 1.29 is 0 Å². The molecule has 1 aromatic rings. The van der Waals surface area contributed by atoms with E-state index in [0.717, 1.165) is 25.1 Å². The molecule has 1 atom stereocenters. The molecule has 0 aliphatic carbocycles. The summed E-state index contributed by atoms with van der Waals surface area (Å²) in [4.78, 5) is 0. The van der Waals surface area contributed by atoms with Crippen LogP contribution in [0, 0.1) is 17.2 Å². The van der Waals surface area contributed by atoms with E-state index in [9.17, 15) is 0 Å². The van der Waals surface area contributed by atoms with Gasteiger partial charge in [-0.05, 0) is 43.5 Å². The van der Waals surface area contributed by atoms with Gasteiger partial charge in [0.1, 0.15) is 0 Å². The summed E-state index contributed by atoms with van der Waals surface area (Å²) >= 11 is 0. The molecular weight excluding hydrogens is 172 g/mol. The van der Waals surface area contributed by atoms with Crippen molar-refractivity contribution in [1.29, 1.82) is 5.26 Å². The molecule has 1 aliphatic rings. The molecule has 1 saturated heterocycles. The highest BCUT2D eigenvalue weighted by Gasteiger charge is 2.15. The largest absolute Gasteiger partial charge is 0.316 e. The second-order valence-corrected chi connectivity index (χ2v) is 3.83. The van der Waals surface area contributed by atoms with Gasteiger partial charge < -0.3 is 5.32 Å². The summed E-state index contributed by atoms with van der Waals surface area (Å²) in [7, 11) is 0. The molecule has 2 rings (SSSR count). The highest BCUT2D eigenvalue weighted by atomic mass is 14.9. The van der Waals surface area contributed by atoms with Crippen molar-refractivity contribution in [1.82, 2.24) is 5.32 Å². The van der Waals surface area contributed by atoms with Gasteiger partial charge in [-0.3, -0.25) is 0 Å². The van der Waals surface area contributed by atoms with Gasteiger partial charge in [0.25, 0.3) is 0 Å². The smallest absolute Gasteiger partial charge is 0.0994 e. The average Bonchev–Trinajstić information content (AvgIpc) is 2.71. The number of nitrogens with zero attached hydrogens (tertiary/aromatic N) is 1. The van der Waals surface area contributed by atoms with Gasteiger partial charge in [0, 0.05) is 0 Å². The Morgan fingerprint density at radius 1 is 1.43 bits per heavy atom. The number of benzene rings is 1. The van der Waals surface area contributed by atoms with Gasteiger partial charge in [-0.1, -0.05) is 18.2 Å².